The standard InChI is InChI=1S/C19H42O8P2/c1-2-3-4-5-6-7-8-10-13-16-19(20)17-14-11-9-12-15-18-26-29(24,25)27-28(21,22)23/h19-20H,2-18H2,1H3,(H,24,25)(H2,21,22,23). The molecule has 0 rings (SSSR count). The zero-order chi connectivity index (χ0) is 22.0. The smallest absolute Gasteiger partial charge is 0.393 e. The highest BCUT2D eigenvalue weighted by molar-refractivity contribution is 7.60. The summed E-state index contributed by atoms with van der Waals surface area (Å²) in [4.78, 5) is 26.1. The third-order valence-corrected chi connectivity index (χ3v) is 6.97. The minimum Gasteiger partial charge on any atom is -0.393 e. The number of phosphoric ester groups is 1. The molecule has 0 spiro atoms. The van der Waals surface area contributed by atoms with E-state index in [4.69, 9.17) is 14.7 Å². The van der Waals surface area contributed by atoms with Gasteiger partial charge in [0.25, 0.3) is 0 Å². The fourth-order valence-corrected chi connectivity index (χ4v) is 4.81. The third kappa shape index (κ3) is 22.7. The second-order valence-electron chi connectivity index (χ2n) is 7.70. The quantitative estimate of drug-likeness (QED) is 0.124. The summed E-state index contributed by atoms with van der Waals surface area (Å²) in [5, 5.41) is 10.0. The van der Waals surface area contributed by atoms with Crippen LogP contribution in [0, 0.1) is 0 Å². The molecule has 0 heterocycles. The molecule has 0 aliphatic rings. The minimum absolute atomic E-state index is 0.102. The van der Waals surface area contributed by atoms with Crippen molar-refractivity contribution in [3.05, 3.63) is 0 Å². The number of aliphatic hydroxyl groups is 1. The van der Waals surface area contributed by atoms with Gasteiger partial charge in [-0.1, -0.05) is 90.4 Å². The van der Waals surface area contributed by atoms with Gasteiger partial charge in [-0.15, -0.1) is 0 Å². The first-order valence-electron chi connectivity index (χ1n) is 11.1. The van der Waals surface area contributed by atoms with E-state index in [0.29, 0.717) is 6.42 Å². The number of unbranched alkanes of at least 4 members (excludes halogenated alkanes) is 12. The average Bonchev–Trinajstić information content (AvgIpc) is 2.60. The van der Waals surface area contributed by atoms with E-state index in [2.05, 4.69) is 15.8 Å². The van der Waals surface area contributed by atoms with Crippen LogP contribution in [0.25, 0.3) is 0 Å². The molecule has 0 aliphatic carbocycles. The van der Waals surface area contributed by atoms with Gasteiger partial charge in [0.05, 0.1) is 12.7 Å². The number of hydrogen-bond acceptors (Lipinski definition) is 5. The fourth-order valence-electron chi connectivity index (χ4n) is 3.19. The molecule has 0 amide bonds. The Labute approximate surface area is 176 Å². The average molecular weight is 460 g/mol. The van der Waals surface area contributed by atoms with Crippen molar-refractivity contribution in [3.8, 4) is 0 Å². The molecular weight excluding hydrogens is 418 g/mol. The number of hydrogen-bond donors (Lipinski definition) is 4. The predicted molar refractivity (Wildman–Crippen MR) is 114 cm³/mol. The van der Waals surface area contributed by atoms with Crippen LogP contribution in [-0.4, -0.2) is 32.5 Å². The van der Waals surface area contributed by atoms with Crippen LogP contribution < -0.4 is 0 Å². The first-order chi connectivity index (χ1) is 13.7. The van der Waals surface area contributed by atoms with E-state index in [-0.39, 0.29) is 12.7 Å². The lowest BCUT2D eigenvalue weighted by Crippen LogP contribution is -2.06. The topological polar surface area (TPSA) is 134 Å². The van der Waals surface area contributed by atoms with Gasteiger partial charge in [0, 0.05) is 0 Å². The maximum absolute atomic E-state index is 11.2. The first kappa shape index (κ1) is 29.2. The summed E-state index contributed by atoms with van der Waals surface area (Å²) >= 11 is 0. The van der Waals surface area contributed by atoms with Crippen molar-refractivity contribution < 1.29 is 37.8 Å². The van der Waals surface area contributed by atoms with Gasteiger partial charge in [-0.25, -0.2) is 9.13 Å². The molecule has 4 N–H and O–H groups in total. The Morgan fingerprint density at radius 1 is 0.690 bits per heavy atom. The lowest BCUT2D eigenvalue weighted by atomic mass is 10.0. The van der Waals surface area contributed by atoms with Crippen LogP contribution >= 0.6 is 15.6 Å². The molecule has 0 saturated carbocycles. The van der Waals surface area contributed by atoms with E-state index >= 15 is 0 Å². The van der Waals surface area contributed by atoms with E-state index < -0.39 is 15.6 Å². The SMILES string of the molecule is CCCCCCCCCCCC(O)CCCCCCCOP(=O)(O)OP(=O)(O)O. The van der Waals surface area contributed by atoms with Gasteiger partial charge in [0.1, 0.15) is 0 Å². The van der Waals surface area contributed by atoms with Gasteiger partial charge < -0.3 is 19.8 Å². The van der Waals surface area contributed by atoms with Crippen LogP contribution in [0.4, 0.5) is 0 Å². The van der Waals surface area contributed by atoms with E-state index in [0.717, 1.165) is 44.9 Å². The molecule has 8 nitrogen and oxygen atoms in total. The molecule has 0 bridgehead atoms. The number of rotatable bonds is 21. The minimum atomic E-state index is -5.05. The summed E-state index contributed by atoms with van der Waals surface area (Å²) < 4.78 is 29.9. The van der Waals surface area contributed by atoms with Crippen LogP contribution in [0.3, 0.4) is 0 Å². The largest absolute Gasteiger partial charge is 0.481 e. The van der Waals surface area contributed by atoms with Gasteiger partial charge in [-0.3, -0.25) is 4.52 Å². The second-order valence-corrected chi connectivity index (χ2v) is 10.5. The Balaban J connectivity index is 3.40. The summed E-state index contributed by atoms with van der Waals surface area (Å²) in [5.41, 5.74) is 0. The molecule has 2 atom stereocenters. The van der Waals surface area contributed by atoms with Crippen LogP contribution in [0.2, 0.25) is 0 Å². The zero-order valence-electron chi connectivity index (χ0n) is 17.9. The van der Waals surface area contributed by atoms with E-state index in [9.17, 15) is 14.2 Å². The molecule has 0 aromatic heterocycles. The Bertz CT molecular complexity index is 469. The van der Waals surface area contributed by atoms with Gasteiger partial charge in [-0.2, -0.15) is 4.31 Å². The number of aliphatic hydroxyl groups excluding tert-OH is 1. The summed E-state index contributed by atoms with van der Waals surface area (Å²) in [6, 6.07) is 0. The van der Waals surface area contributed by atoms with Crippen molar-refractivity contribution in [1.82, 2.24) is 0 Å². The fraction of sp³-hybridized carbons (Fsp3) is 1.00. The van der Waals surface area contributed by atoms with Gasteiger partial charge >= 0.3 is 15.6 Å². The summed E-state index contributed by atoms with van der Waals surface area (Å²) in [7, 11) is -9.76. The molecule has 29 heavy (non-hydrogen) atoms. The Kier molecular flexibility index (Phi) is 18.0. The Morgan fingerprint density at radius 3 is 1.55 bits per heavy atom. The highest BCUT2D eigenvalue weighted by Crippen LogP contribution is 2.57. The maximum atomic E-state index is 11.2. The van der Waals surface area contributed by atoms with E-state index in [1.807, 2.05) is 0 Å². The summed E-state index contributed by atoms with van der Waals surface area (Å²) in [6.07, 6.45) is 17.1. The third-order valence-electron chi connectivity index (χ3n) is 4.79. The molecular formula is C19H42O8P2. The molecule has 0 aromatic carbocycles. The van der Waals surface area contributed by atoms with Crippen molar-refractivity contribution in [3.63, 3.8) is 0 Å². The van der Waals surface area contributed by atoms with Gasteiger partial charge in [-0.05, 0) is 19.3 Å². The molecule has 0 fully saturated rings. The highest BCUT2D eigenvalue weighted by atomic mass is 31.3. The molecule has 0 radical (unpaired) electrons. The molecule has 2 unspecified atom stereocenters. The first-order valence-corrected chi connectivity index (χ1v) is 14.1. The van der Waals surface area contributed by atoms with Crippen LogP contribution in [0.5, 0.6) is 0 Å². The molecule has 176 valence electrons. The van der Waals surface area contributed by atoms with Gasteiger partial charge in [0.2, 0.25) is 0 Å². The highest BCUT2D eigenvalue weighted by Gasteiger charge is 2.31. The van der Waals surface area contributed by atoms with Crippen LogP contribution in [0.1, 0.15) is 110 Å². The molecule has 0 aliphatic heterocycles. The Morgan fingerprint density at radius 2 is 1.10 bits per heavy atom. The molecule has 10 heteroatoms. The van der Waals surface area contributed by atoms with E-state index in [1.54, 1.807) is 0 Å². The maximum Gasteiger partial charge on any atom is 0.481 e. The lowest BCUT2D eigenvalue weighted by molar-refractivity contribution is 0.146. The monoisotopic (exact) mass is 460 g/mol. The van der Waals surface area contributed by atoms with E-state index in [1.165, 1.54) is 51.4 Å². The van der Waals surface area contributed by atoms with Gasteiger partial charge in [0.15, 0.2) is 0 Å². The second kappa shape index (κ2) is 17.9. The van der Waals surface area contributed by atoms with Crippen LogP contribution in [-0.2, 0) is 18.0 Å². The van der Waals surface area contributed by atoms with Crippen molar-refractivity contribution >= 4 is 15.6 Å². The predicted octanol–water partition coefficient (Wildman–Crippen LogP) is 5.84. The van der Waals surface area contributed by atoms with Crippen LogP contribution in [0.15, 0.2) is 0 Å². The lowest BCUT2D eigenvalue weighted by Gasteiger charge is -2.12. The summed E-state index contributed by atoms with van der Waals surface area (Å²) in [6.45, 7) is 2.13. The number of phosphoric acid groups is 2. The Hall–Kier alpha value is 0.220. The zero-order valence-corrected chi connectivity index (χ0v) is 19.7. The van der Waals surface area contributed by atoms with Crippen molar-refractivity contribution in [2.45, 2.75) is 116 Å². The van der Waals surface area contributed by atoms with Crippen molar-refractivity contribution in [1.29, 1.82) is 0 Å². The molecule has 0 saturated heterocycles. The molecule has 0 aromatic rings. The van der Waals surface area contributed by atoms with Crippen molar-refractivity contribution in [2.75, 3.05) is 6.61 Å². The normalized spacial score (nSPS) is 15.3. The summed E-state index contributed by atoms with van der Waals surface area (Å²) in [5.74, 6) is 0. The van der Waals surface area contributed by atoms with Crippen molar-refractivity contribution in [2.24, 2.45) is 0 Å².